The van der Waals surface area contributed by atoms with Gasteiger partial charge in [-0.3, -0.25) is 0 Å². The Balaban J connectivity index is 1.68. The Bertz CT molecular complexity index is 445. The molecule has 21 heavy (non-hydrogen) atoms. The molecule has 0 saturated carbocycles. The fourth-order valence-electron chi connectivity index (χ4n) is 2.57. The van der Waals surface area contributed by atoms with E-state index < -0.39 is 0 Å². The molecule has 6 heteroatoms. The summed E-state index contributed by atoms with van der Waals surface area (Å²) in [5, 5.41) is 2.79. The zero-order valence-electron chi connectivity index (χ0n) is 12.3. The number of halogens is 1. The van der Waals surface area contributed by atoms with Crippen molar-refractivity contribution in [3.8, 4) is 0 Å². The number of ether oxygens (including phenoxy) is 1. The number of anilines is 1. The molecule has 0 radical (unpaired) electrons. The van der Waals surface area contributed by atoms with Crippen molar-refractivity contribution in [2.45, 2.75) is 26.2 Å². The predicted octanol–water partition coefficient (Wildman–Crippen LogP) is 3.20. The van der Waals surface area contributed by atoms with Crippen LogP contribution in [0.4, 0.5) is 10.6 Å². The first-order chi connectivity index (χ1) is 10.2. The zero-order chi connectivity index (χ0) is 15.1. The number of amides is 1. The van der Waals surface area contributed by atoms with E-state index in [4.69, 9.17) is 4.74 Å². The number of hydrogen-bond acceptors (Lipinski definition) is 4. The standard InChI is InChI=1S/C15H22BrN3O2/c1-2-21-15(20)17-8-5-12-6-9-19(10-7-12)14-4-3-13(16)11-18-14/h3-4,11-12H,2,5-10H2,1H3,(H,17,20). The third kappa shape index (κ3) is 5.19. The summed E-state index contributed by atoms with van der Waals surface area (Å²) in [5.74, 6) is 1.71. The van der Waals surface area contributed by atoms with E-state index in [-0.39, 0.29) is 6.09 Å². The van der Waals surface area contributed by atoms with Crippen LogP contribution in [0.5, 0.6) is 0 Å². The first-order valence-electron chi connectivity index (χ1n) is 7.46. The number of hydrogen-bond donors (Lipinski definition) is 1. The zero-order valence-corrected chi connectivity index (χ0v) is 13.9. The summed E-state index contributed by atoms with van der Waals surface area (Å²) in [7, 11) is 0. The summed E-state index contributed by atoms with van der Waals surface area (Å²) in [6.45, 7) is 4.98. The van der Waals surface area contributed by atoms with Gasteiger partial charge in [0.2, 0.25) is 0 Å². The highest BCUT2D eigenvalue weighted by molar-refractivity contribution is 9.10. The van der Waals surface area contributed by atoms with Crippen molar-refractivity contribution in [1.82, 2.24) is 10.3 Å². The largest absolute Gasteiger partial charge is 0.450 e. The van der Waals surface area contributed by atoms with Crippen molar-refractivity contribution < 1.29 is 9.53 Å². The Kier molecular flexibility index (Phi) is 6.29. The molecule has 1 aliphatic rings. The van der Waals surface area contributed by atoms with Crippen LogP contribution < -0.4 is 10.2 Å². The van der Waals surface area contributed by atoms with Crippen LogP contribution in [0.3, 0.4) is 0 Å². The Morgan fingerprint density at radius 3 is 2.86 bits per heavy atom. The molecule has 0 aromatic carbocycles. The molecule has 1 saturated heterocycles. The molecule has 0 spiro atoms. The minimum absolute atomic E-state index is 0.311. The van der Waals surface area contributed by atoms with E-state index in [1.165, 1.54) is 0 Å². The summed E-state index contributed by atoms with van der Waals surface area (Å²) < 4.78 is 5.85. The van der Waals surface area contributed by atoms with Gasteiger partial charge in [0.25, 0.3) is 0 Å². The SMILES string of the molecule is CCOC(=O)NCCC1CCN(c2ccc(Br)cn2)CC1. The minimum Gasteiger partial charge on any atom is -0.450 e. The molecule has 1 aromatic rings. The van der Waals surface area contributed by atoms with Gasteiger partial charge in [0, 0.05) is 30.3 Å². The topological polar surface area (TPSA) is 54.5 Å². The second-order valence-corrected chi connectivity index (χ2v) is 6.12. The molecule has 2 rings (SSSR count). The van der Waals surface area contributed by atoms with Crippen molar-refractivity contribution >= 4 is 27.8 Å². The molecule has 2 heterocycles. The van der Waals surface area contributed by atoms with Crippen LogP contribution in [0.1, 0.15) is 26.2 Å². The van der Waals surface area contributed by atoms with E-state index in [9.17, 15) is 4.79 Å². The van der Waals surface area contributed by atoms with Gasteiger partial charge in [-0.15, -0.1) is 0 Å². The van der Waals surface area contributed by atoms with Crippen LogP contribution in [-0.2, 0) is 4.74 Å². The molecule has 116 valence electrons. The van der Waals surface area contributed by atoms with E-state index >= 15 is 0 Å². The van der Waals surface area contributed by atoms with Crippen LogP contribution in [0.25, 0.3) is 0 Å². The summed E-state index contributed by atoms with van der Waals surface area (Å²) in [4.78, 5) is 18.0. The number of aromatic nitrogens is 1. The molecule has 1 N–H and O–H groups in total. The third-order valence-electron chi connectivity index (χ3n) is 3.75. The van der Waals surface area contributed by atoms with E-state index in [1.54, 1.807) is 0 Å². The van der Waals surface area contributed by atoms with Crippen LogP contribution in [0.2, 0.25) is 0 Å². The number of alkyl carbamates (subject to hydrolysis) is 1. The number of piperidine rings is 1. The number of carbonyl (C=O) groups is 1. The molecular weight excluding hydrogens is 334 g/mol. The average molecular weight is 356 g/mol. The monoisotopic (exact) mass is 355 g/mol. The Hall–Kier alpha value is -1.30. The van der Waals surface area contributed by atoms with E-state index in [0.29, 0.717) is 19.1 Å². The van der Waals surface area contributed by atoms with Gasteiger partial charge in [0.05, 0.1) is 6.61 Å². The summed E-state index contributed by atoms with van der Waals surface area (Å²) >= 11 is 3.40. The lowest BCUT2D eigenvalue weighted by molar-refractivity contribution is 0.151. The first kappa shape index (κ1) is 16.1. The van der Waals surface area contributed by atoms with Crippen LogP contribution >= 0.6 is 15.9 Å². The maximum Gasteiger partial charge on any atom is 0.407 e. The highest BCUT2D eigenvalue weighted by Crippen LogP contribution is 2.24. The van der Waals surface area contributed by atoms with Gasteiger partial charge in [0.1, 0.15) is 5.82 Å². The summed E-state index contributed by atoms with van der Waals surface area (Å²) in [6.07, 6.45) is 4.82. The lowest BCUT2D eigenvalue weighted by Crippen LogP contribution is -2.35. The fraction of sp³-hybridized carbons (Fsp3) is 0.600. The predicted molar refractivity (Wildman–Crippen MR) is 86.5 cm³/mol. The normalized spacial score (nSPS) is 15.8. The Morgan fingerprint density at radius 1 is 1.48 bits per heavy atom. The fourth-order valence-corrected chi connectivity index (χ4v) is 2.80. The molecule has 1 amide bonds. The second-order valence-electron chi connectivity index (χ2n) is 5.20. The lowest BCUT2D eigenvalue weighted by atomic mass is 9.93. The molecular formula is C15H22BrN3O2. The van der Waals surface area contributed by atoms with Gasteiger partial charge in [-0.25, -0.2) is 9.78 Å². The van der Waals surface area contributed by atoms with Gasteiger partial charge in [0.15, 0.2) is 0 Å². The van der Waals surface area contributed by atoms with Crippen molar-refractivity contribution in [3.05, 3.63) is 22.8 Å². The quantitative estimate of drug-likeness (QED) is 0.880. The molecule has 1 fully saturated rings. The lowest BCUT2D eigenvalue weighted by Gasteiger charge is -2.32. The van der Waals surface area contributed by atoms with Crippen molar-refractivity contribution in [3.63, 3.8) is 0 Å². The van der Waals surface area contributed by atoms with E-state index in [0.717, 1.165) is 42.6 Å². The number of rotatable bonds is 5. The summed E-state index contributed by atoms with van der Waals surface area (Å²) in [6, 6.07) is 4.07. The smallest absolute Gasteiger partial charge is 0.407 e. The molecule has 0 atom stereocenters. The molecule has 0 unspecified atom stereocenters. The molecule has 1 aliphatic heterocycles. The Morgan fingerprint density at radius 2 is 2.24 bits per heavy atom. The molecule has 5 nitrogen and oxygen atoms in total. The van der Waals surface area contributed by atoms with Gasteiger partial charge >= 0.3 is 6.09 Å². The van der Waals surface area contributed by atoms with Gasteiger partial charge in [-0.2, -0.15) is 0 Å². The maximum absolute atomic E-state index is 11.2. The Labute approximate surface area is 134 Å². The second kappa shape index (κ2) is 8.22. The van der Waals surface area contributed by atoms with Crippen molar-refractivity contribution in [2.24, 2.45) is 5.92 Å². The number of nitrogens with zero attached hydrogens (tertiary/aromatic N) is 2. The highest BCUT2D eigenvalue weighted by atomic mass is 79.9. The molecule has 0 aliphatic carbocycles. The van der Waals surface area contributed by atoms with Gasteiger partial charge in [-0.05, 0) is 60.2 Å². The third-order valence-corrected chi connectivity index (χ3v) is 4.22. The maximum atomic E-state index is 11.2. The van der Waals surface area contributed by atoms with E-state index in [1.807, 2.05) is 25.3 Å². The average Bonchev–Trinajstić information content (AvgIpc) is 2.49. The molecule has 0 bridgehead atoms. The molecule has 1 aromatic heterocycles. The van der Waals surface area contributed by atoms with Gasteiger partial charge in [-0.1, -0.05) is 0 Å². The highest BCUT2D eigenvalue weighted by Gasteiger charge is 2.20. The first-order valence-corrected chi connectivity index (χ1v) is 8.25. The van der Waals surface area contributed by atoms with Crippen LogP contribution in [-0.4, -0.2) is 37.3 Å². The summed E-state index contributed by atoms with van der Waals surface area (Å²) in [5.41, 5.74) is 0. The van der Waals surface area contributed by atoms with Crippen LogP contribution in [0, 0.1) is 5.92 Å². The van der Waals surface area contributed by atoms with E-state index in [2.05, 4.69) is 31.1 Å². The number of pyridine rings is 1. The van der Waals surface area contributed by atoms with Crippen molar-refractivity contribution in [2.75, 3.05) is 31.1 Å². The minimum atomic E-state index is -0.311. The number of nitrogens with one attached hydrogen (secondary N) is 1. The van der Waals surface area contributed by atoms with Gasteiger partial charge < -0.3 is 15.0 Å². The van der Waals surface area contributed by atoms with Crippen LogP contribution in [0.15, 0.2) is 22.8 Å². The number of carbonyl (C=O) groups excluding carboxylic acids is 1. The van der Waals surface area contributed by atoms with Crippen molar-refractivity contribution in [1.29, 1.82) is 0 Å².